The van der Waals surface area contributed by atoms with E-state index in [-0.39, 0.29) is 53.6 Å². The van der Waals surface area contributed by atoms with E-state index in [1.807, 2.05) is 0 Å². The van der Waals surface area contributed by atoms with Crippen molar-refractivity contribution in [3.8, 4) is 0 Å². The van der Waals surface area contributed by atoms with E-state index < -0.39 is 11.9 Å². The average Bonchev–Trinajstić information content (AvgIpc) is 2.69. The van der Waals surface area contributed by atoms with Gasteiger partial charge >= 0.3 is 11.9 Å². The molecule has 0 spiro atoms. The van der Waals surface area contributed by atoms with Crippen LogP contribution in [0.15, 0.2) is 36.4 Å². The smallest absolute Gasteiger partial charge is 0.337 e. The summed E-state index contributed by atoms with van der Waals surface area (Å²) in [6, 6.07) is 9.26. The van der Waals surface area contributed by atoms with Crippen LogP contribution in [0.3, 0.4) is 0 Å². The van der Waals surface area contributed by atoms with Crippen molar-refractivity contribution >= 4 is 35.1 Å². The summed E-state index contributed by atoms with van der Waals surface area (Å²) in [7, 11) is 0. The topological polar surface area (TPSA) is 133 Å². The van der Waals surface area contributed by atoms with Gasteiger partial charge in [-0.1, -0.05) is 26.0 Å². The number of rotatable bonds is 8. The minimum atomic E-state index is -1.18. The summed E-state index contributed by atoms with van der Waals surface area (Å²) in [6.07, 6.45) is 0.726. The molecule has 0 atom stereocenters. The van der Waals surface area contributed by atoms with Crippen molar-refractivity contribution in [2.75, 3.05) is 10.6 Å². The Kier molecular flexibility index (Phi) is 7.08. The SMILES string of the molecule is CCC(=O)Nc1ccc(Cc2ccc(NC(=O)CC)c(C(=O)O)c2)cc1C(=O)O. The number of carboxylic acids is 2. The van der Waals surface area contributed by atoms with Crippen molar-refractivity contribution in [1.82, 2.24) is 0 Å². The maximum absolute atomic E-state index is 11.6. The van der Waals surface area contributed by atoms with Crippen LogP contribution in [0.4, 0.5) is 11.4 Å². The van der Waals surface area contributed by atoms with Crippen LogP contribution in [0.25, 0.3) is 0 Å². The van der Waals surface area contributed by atoms with Crippen LogP contribution in [-0.2, 0) is 16.0 Å². The van der Waals surface area contributed by atoms with E-state index in [1.54, 1.807) is 26.0 Å². The largest absolute Gasteiger partial charge is 0.478 e. The van der Waals surface area contributed by atoms with Gasteiger partial charge in [0, 0.05) is 12.8 Å². The van der Waals surface area contributed by atoms with Crippen molar-refractivity contribution in [1.29, 1.82) is 0 Å². The minimum Gasteiger partial charge on any atom is -0.478 e. The van der Waals surface area contributed by atoms with Gasteiger partial charge in [0.1, 0.15) is 0 Å². The van der Waals surface area contributed by atoms with Gasteiger partial charge in [-0.2, -0.15) is 0 Å². The van der Waals surface area contributed by atoms with E-state index in [4.69, 9.17) is 0 Å². The molecule has 29 heavy (non-hydrogen) atoms. The highest BCUT2D eigenvalue weighted by Gasteiger charge is 2.15. The number of carbonyl (C=O) groups excluding carboxylic acids is 2. The lowest BCUT2D eigenvalue weighted by Crippen LogP contribution is -2.14. The molecular weight excluding hydrogens is 376 g/mol. The molecule has 0 radical (unpaired) electrons. The third-order valence-electron chi connectivity index (χ3n) is 4.23. The van der Waals surface area contributed by atoms with Gasteiger partial charge in [0.25, 0.3) is 0 Å². The van der Waals surface area contributed by atoms with Crippen LogP contribution in [0.1, 0.15) is 58.5 Å². The molecule has 0 aliphatic rings. The molecule has 4 N–H and O–H groups in total. The van der Waals surface area contributed by atoms with Crippen LogP contribution >= 0.6 is 0 Å². The van der Waals surface area contributed by atoms with Gasteiger partial charge in [0.15, 0.2) is 0 Å². The molecule has 2 amide bonds. The lowest BCUT2D eigenvalue weighted by atomic mass is 9.99. The third kappa shape index (κ3) is 5.65. The normalized spacial score (nSPS) is 10.3. The Hall–Kier alpha value is -3.68. The summed E-state index contributed by atoms with van der Waals surface area (Å²) >= 11 is 0. The number of hydrogen-bond acceptors (Lipinski definition) is 4. The number of nitrogens with one attached hydrogen (secondary N) is 2. The van der Waals surface area contributed by atoms with Gasteiger partial charge in [-0.25, -0.2) is 9.59 Å². The third-order valence-corrected chi connectivity index (χ3v) is 4.23. The molecule has 8 heteroatoms. The first-order valence-corrected chi connectivity index (χ1v) is 9.07. The Balaban J connectivity index is 2.33. The first-order chi connectivity index (χ1) is 13.7. The highest BCUT2D eigenvalue weighted by atomic mass is 16.4. The summed E-state index contributed by atoms with van der Waals surface area (Å²) in [6.45, 7) is 3.33. The van der Waals surface area contributed by atoms with Gasteiger partial charge in [-0.05, 0) is 41.8 Å². The fraction of sp³-hybridized carbons (Fsp3) is 0.238. The average molecular weight is 398 g/mol. The predicted octanol–water partition coefficient (Wildman–Crippen LogP) is 3.37. The molecule has 0 bridgehead atoms. The number of hydrogen-bond donors (Lipinski definition) is 4. The quantitative estimate of drug-likeness (QED) is 0.539. The molecule has 0 saturated heterocycles. The number of aromatic carboxylic acids is 2. The molecule has 152 valence electrons. The molecule has 0 saturated carbocycles. The number of benzene rings is 2. The van der Waals surface area contributed by atoms with E-state index in [0.717, 1.165) is 0 Å². The molecule has 8 nitrogen and oxygen atoms in total. The van der Waals surface area contributed by atoms with Gasteiger partial charge in [0.2, 0.25) is 11.8 Å². The highest BCUT2D eigenvalue weighted by Crippen LogP contribution is 2.23. The number of anilines is 2. The predicted molar refractivity (Wildman–Crippen MR) is 107 cm³/mol. The van der Waals surface area contributed by atoms with Crippen LogP contribution in [0, 0.1) is 0 Å². The van der Waals surface area contributed by atoms with Gasteiger partial charge < -0.3 is 20.8 Å². The van der Waals surface area contributed by atoms with E-state index in [1.165, 1.54) is 24.3 Å². The van der Waals surface area contributed by atoms with Gasteiger partial charge in [-0.3, -0.25) is 9.59 Å². The first-order valence-electron chi connectivity index (χ1n) is 9.07. The molecule has 0 unspecified atom stereocenters. The summed E-state index contributed by atoms with van der Waals surface area (Å²) in [5, 5.41) is 24.0. The summed E-state index contributed by atoms with van der Waals surface area (Å²) in [5.74, 6) is -2.95. The Labute approximate surface area is 167 Å². The maximum Gasteiger partial charge on any atom is 0.337 e. The zero-order valence-electron chi connectivity index (χ0n) is 16.1. The molecule has 2 aromatic rings. The van der Waals surface area contributed by atoms with Crippen LogP contribution < -0.4 is 10.6 Å². The second kappa shape index (κ2) is 9.50. The molecule has 0 fully saturated rings. The second-order valence-electron chi connectivity index (χ2n) is 6.35. The van der Waals surface area contributed by atoms with Gasteiger partial charge in [-0.15, -0.1) is 0 Å². The van der Waals surface area contributed by atoms with E-state index in [0.29, 0.717) is 11.1 Å². The van der Waals surface area contributed by atoms with Crippen molar-refractivity contribution in [3.05, 3.63) is 58.7 Å². The summed E-state index contributed by atoms with van der Waals surface area (Å²) in [4.78, 5) is 46.2. The zero-order valence-corrected chi connectivity index (χ0v) is 16.1. The lowest BCUT2D eigenvalue weighted by Gasteiger charge is -2.12. The molecule has 0 aliphatic carbocycles. The molecule has 0 heterocycles. The first kappa shape index (κ1) is 21.6. The maximum atomic E-state index is 11.6. The fourth-order valence-corrected chi connectivity index (χ4v) is 2.69. The number of carboxylic acid groups (broad SMARTS) is 2. The molecule has 0 aliphatic heterocycles. The Morgan fingerprint density at radius 2 is 1.10 bits per heavy atom. The monoisotopic (exact) mass is 398 g/mol. The fourth-order valence-electron chi connectivity index (χ4n) is 2.69. The van der Waals surface area contributed by atoms with Crippen molar-refractivity contribution < 1.29 is 29.4 Å². The Morgan fingerprint density at radius 3 is 1.41 bits per heavy atom. The van der Waals surface area contributed by atoms with Crippen molar-refractivity contribution in [2.24, 2.45) is 0 Å². The molecular formula is C21H22N2O6. The lowest BCUT2D eigenvalue weighted by molar-refractivity contribution is -0.116. The Bertz CT molecular complexity index is 890. The molecule has 0 aromatic heterocycles. The molecule has 2 rings (SSSR count). The Morgan fingerprint density at radius 1 is 0.724 bits per heavy atom. The van der Waals surface area contributed by atoms with Crippen LogP contribution in [0.2, 0.25) is 0 Å². The minimum absolute atomic E-state index is 0.0467. The van der Waals surface area contributed by atoms with E-state index in [2.05, 4.69) is 10.6 Å². The molecule has 2 aromatic carbocycles. The van der Waals surface area contributed by atoms with Gasteiger partial charge in [0.05, 0.1) is 22.5 Å². The van der Waals surface area contributed by atoms with Crippen molar-refractivity contribution in [2.45, 2.75) is 33.1 Å². The standard InChI is InChI=1S/C21H22N2O6/c1-3-18(24)22-16-7-5-12(10-14(16)20(26)27)9-13-6-8-17(23-19(25)4-2)15(11-13)21(28)29/h5-8,10-11H,3-4,9H2,1-2H3,(H,22,24)(H,23,25)(H,26,27)(H,28,29). The van der Waals surface area contributed by atoms with Crippen LogP contribution in [-0.4, -0.2) is 34.0 Å². The van der Waals surface area contributed by atoms with E-state index in [9.17, 15) is 29.4 Å². The van der Waals surface area contributed by atoms with Crippen molar-refractivity contribution in [3.63, 3.8) is 0 Å². The van der Waals surface area contributed by atoms with E-state index >= 15 is 0 Å². The number of carbonyl (C=O) groups is 4. The summed E-state index contributed by atoms with van der Waals surface area (Å²) < 4.78 is 0. The number of amides is 2. The highest BCUT2D eigenvalue weighted by molar-refractivity contribution is 6.01. The van der Waals surface area contributed by atoms with Crippen LogP contribution in [0.5, 0.6) is 0 Å². The summed E-state index contributed by atoms with van der Waals surface area (Å²) in [5.41, 5.74) is 1.59. The zero-order chi connectivity index (χ0) is 21.6. The second-order valence-corrected chi connectivity index (χ2v) is 6.35.